The van der Waals surface area contributed by atoms with Crippen molar-refractivity contribution in [2.24, 2.45) is 0 Å². The van der Waals surface area contributed by atoms with Crippen LogP contribution in [0.5, 0.6) is 5.75 Å². The number of hydrogen-bond acceptors (Lipinski definition) is 6. The van der Waals surface area contributed by atoms with E-state index >= 15 is 0 Å². The standard InChI is InChI=1S/C29H27BrF2N2O4/c1-16-19(20-8-5-10-22(30)17(20)2)7-4-9-21(16)27-33-23-13-18(25(38-29(31)32)14-26(23)37-27)15-34-12-6-11-24(34)28(35)36-3/h4-5,7-10,13-14,24,29H,6,11-12,15H2,1-3H3/t24-/m0/s1. The summed E-state index contributed by atoms with van der Waals surface area (Å²) in [6.45, 7) is 1.96. The van der Waals surface area contributed by atoms with Gasteiger partial charge in [-0.2, -0.15) is 8.78 Å². The summed E-state index contributed by atoms with van der Waals surface area (Å²) in [4.78, 5) is 18.8. The van der Waals surface area contributed by atoms with Crippen LogP contribution in [0.15, 0.2) is 57.4 Å². The number of fused-ring (bicyclic) bond motifs is 1. The van der Waals surface area contributed by atoms with Crippen LogP contribution in [-0.2, 0) is 16.1 Å². The molecule has 0 saturated carbocycles. The summed E-state index contributed by atoms with van der Waals surface area (Å²) in [5, 5.41) is 0. The lowest BCUT2D eigenvalue weighted by atomic mass is 9.93. The third-order valence-corrected chi connectivity index (χ3v) is 7.98. The number of aromatic nitrogens is 1. The molecule has 1 fully saturated rings. The van der Waals surface area contributed by atoms with Crippen molar-refractivity contribution in [3.63, 3.8) is 0 Å². The molecule has 5 rings (SSSR count). The maximum atomic E-state index is 13.3. The highest BCUT2D eigenvalue weighted by molar-refractivity contribution is 9.10. The second-order valence-corrected chi connectivity index (χ2v) is 10.2. The Hall–Kier alpha value is -3.30. The van der Waals surface area contributed by atoms with Gasteiger partial charge in [-0.1, -0.05) is 40.2 Å². The van der Waals surface area contributed by atoms with Crippen molar-refractivity contribution in [2.45, 2.75) is 45.9 Å². The normalized spacial score (nSPS) is 15.9. The fourth-order valence-corrected chi connectivity index (χ4v) is 5.50. The van der Waals surface area contributed by atoms with Crippen molar-refractivity contribution in [2.75, 3.05) is 13.7 Å². The van der Waals surface area contributed by atoms with Crippen LogP contribution in [0, 0.1) is 13.8 Å². The number of nitrogens with zero attached hydrogens (tertiary/aromatic N) is 2. The van der Waals surface area contributed by atoms with Gasteiger partial charge in [-0.25, -0.2) is 4.98 Å². The topological polar surface area (TPSA) is 64.8 Å². The number of halogens is 3. The Morgan fingerprint density at radius 2 is 1.84 bits per heavy atom. The van der Waals surface area contributed by atoms with Gasteiger partial charge in [0.05, 0.1) is 7.11 Å². The zero-order valence-electron chi connectivity index (χ0n) is 21.3. The maximum Gasteiger partial charge on any atom is 0.387 e. The van der Waals surface area contributed by atoms with Gasteiger partial charge in [0.1, 0.15) is 17.3 Å². The minimum atomic E-state index is -3.00. The number of esters is 1. The van der Waals surface area contributed by atoms with Gasteiger partial charge in [0.15, 0.2) is 5.58 Å². The Bertz CT molecular complexity index is 1500. The van der Waals surface area contributed by atoms with E-state index in [1.54, 1.807) is 6.07 Å². The van der Waals surface area contributed by atoms with E-state index in [0.29, 0.717) is 35.5 Å². The number of rotatable bonds is 7. The molecule has 1 atom stereocenters. The largest absolute Gasteiger partial charge is 0.468 e. The molecule has 4 aromatic rings. The smallest absolute Gasteiger partial charge is 0.387 e. The Balaban J connectivity index is 1.55. The molecule has 0 aliphatic carbocycles. The van der Waals surface area contributed by atoms with E-state index < -0.39 is 12.7 Å². The van der Waals surface area contributed by atoms with Gasteiger partial charge in [0.25, 0.3) is 0 Å². The van der Waals surface area contributed by atoms with E-state index in [0.717, 1.165) is 38.7 Å². The number of oxazole rings is 1. The first-order valence-corrected chi connectivity index (χ1v) is 13.1. The molecule has 0 N–H and O–H groups in total. The zero-order valence-corrected chi connectivity index (χ0v) is 22.8. The highest BCUT2D eigenvalue weighted by atomic mass is 79.9. The van der Waals surface area contributed by atoms with Crippen LogP contribution in [0.2, 0.25) is 0 Å². The van der Waals surface area contributed by atoms with Crippen molar-refractivity contribution < 1.29 is 27.5 Å². The predicted octanol–water partition coefficient (Wildman–Crippen LogP) is 7.28. The predicted molar refractivity (Wildman–Crippen MR) is 144 cm³/mol. The molecule has 1 saturated heterocycles. The van der Waals surface area contributed by atoms with Crippen LogP contribution in [0.3, 0.4) is 0 Å². The number of ether oxygens (including phenoxy) is 2. The molecule has 0 spiro atoms. The summed E-state index contributed by atoms with van der Waals surface area (Å²) < 4.78 is 43.5. The second-order valence-electron chi connectivity index (χ2n) is 9.37. The van der Waals surface area contributed by atoms with E-state index in [-0.39, 0.29) is 18.3 Å². The number of benzene rings is 3. The number of carbonyl (C=O) groups is 1. The van der Waals surface area contributed by atoms with Gasteiger partial charge in [0.2, 0.25) is 5.89 Å². The highest BCUT2D eigenvalue weighted by Crippen LogP contribution is 2.37. The van der Waals surface area contributed by atoms with Crippen molar-refractivity contribution in [1.82, 2.24) is 9.88 Å². The number of likely N-dealkylation sites (tertiary alicyclic amines) is 1. The fraction of sp³-hybridized carbons (Fsp3) is 0.310. The monoisotopic (exact) mass is 584 g/mol. The van der Waals surface area contributed by atoms with Gasteiger partial charge < -0.3 is 13.9 Å². The Morgan fingerprint density at radius 3 is 2.58 bits per heavy atom. The summed E-state index contributed by atoms with van der Waals surface area (Å²) >= 11 is 3.61. The Morgan fingerprint density at radius 1 is 1.13 bits per heavy atom. The fourth-order valence-electron chi connectivity index (χ4n) is 5.14. The first kappa shape index (κ1) is 26.3. The van der Waals surface area contributed by atoms with E-state index in [1.807, 2.05) is 36.1 Å². The SMILES string of the molecule is COC(=O)[C@@H]1CCCN1Cc1cc2nc(-c3cccc(-c4cccc(Br)c4C)c3C)oc2cc1OC(F)F. The molecule has 0 radical (unpaired) electrons. The molecule has 2 heterocycles. The molecule has 198 valence electrons. The van der Waals surface area contributed by atoms with Gasteiger partial charge >= 0.3 is 12.6 Å². The van der Waals surface area contributed by atoms with Crippen LogP contribution < -0.4 is 4.74 Å². The number of methoxy groups -OCH3 is 1. The summed E-state index contributed by atoms with van der Waals surface area (Å²) in [5.41, 5.74) is 6.43. The molecular weight excluding hydrogens is 558 g/mol. The Kier molecular flexibility index (Phi) is 7.49. The van der Waals surface area contributed by atoms with E-state index in [1.165, 1.54) is 13.2 Å². The van der Waals surface area contributed by atoms with Gasteiger partial charge in [-0.05, 0) is 73.7 Å². The van der Waals surface area contributed by atoms with E-state index in [4.69, 9.17) is 18.9 Å². The molecular formula is C29H27BrF2N2O4. The molecule has 38 heavy (non-hydrogen) atoms. The molecule has 1 aromatic heterocycles. The average molecular weight is 585 g/mol. The van der Waals surface area contributed by atoms with Crippen LogP contribution in [0.1, 0.15) is 29.5 Å². The molecule has 6 nitrogen and oxygen atoms in total. The van der Waals surface area contributed by atoms with Crippen LogP contribution in [0.25, 0.3) is 33.7 Å². The lowest BCUT2D eigenvalue weighted by Crippen LogP contribution is -2.36. The number of hydrogen-bond donors (Lipinski definition) is 0. The van der Waals surface area contributed by atoms with Crippen molar-refractivity contribution in [1.29, 1.82) is 0 Å². The lowest BCUT2D eigenvalue weighted by Gasteiger charge is -2.23. The summed E-state index contributed by atoms with van der Waals surface area (Å²) in [7, 11) is 1.35. The Labute approximate surface area is 227 Å². The molecule has 0 amide bonds. The summed E-state index contributed by atoms with van der Waals surface area (Å²) in [6, 6.07) is 14.7. The quantitative estimate of drug-likeness (QED) is 0.213. The maximum absolute atomic E-state index is 13.3. The first-order valence-electron chi connectivity index (χ1n) is 12.3. The number of carbonyl (C=O) groups excluding carboxylic acids is 1. The molecule has 3 aromatic carbocycles. The molecule has 0 unspecified atom stereocenters. The van der Waals surface area contributed by atoms with Gasteiger partial charge in [-0.15, -0.1) is 0 Å². The van der Waals surface area contributed by atoms with Crippen molar-refractivity contribution >= 4 is 33.0 Å². The highest BCUT2D eigenvalue weighted by Gasteiger charge is 2.32. The summed E-state index contributed by atoms with van der Waals surface area (Å²) in [6.07, 6.45) is 1.47. The minimum Gasteiger partial charge on any atom is -0.468 e. The average Bonchev–Trinajstić information content (AvgIpc) is 3.52. The van der Waals surface area contributed by atoms with Gasteiger partial charge in [-0.3, -0.25) is 9.69 Å². The molecule has 1 aliphatic rings. The van der Waals surface area contributed by atoms with E-state index in [2.05, 4.69) is 35.0 Å². The molecule has 1 aliphatic heterocycles. The third kappa shape index (κ3) is 5.05. The lowest BCUT2D eigenvalue weighted by molar-refractivity contribution is -0.146. The third-order valence-electron chi connectivity index (χ3n) is 7.12. The van der Waals surface area contributed by atoms with Gasteiger partial charge in [0, 0.05) is 28.2 Å². The van der Waals surface area contributed by atoms with Crippen LogP contribution in [-0.4, -0.2) is 42.2 Å². The molecule has 0 bridgehead atoms. The zero-order chi connectivity index (χ0) is 27.0. The van der Waals surface area contributed by atoms with Crippen molar-refractivity contribution in [3.8, 4) is 28.3 Å². The second kappa shape index (κ2) is 10.8. The first-order chi connectivity index (χ1) is 18.3. The number of alkyl halides is 2. The van der Waals surface area contributed by atoms with Crippen LogP contribution in [0.4, 0.5) is 8.78 Å². The van der Waals surface area contributed by atoms with Crippen LogP contribution >= 0.6 is 15.9 Å². The summed E-state index contributed by atoms with van der Waals surface area (Å²) in [5.74, 6) is 0.0568. The minimum absolute atomic E-state index is 0.000879. The van der Waals surface area contributed by atoms with E-state index in [9.17, 15) is 13.6 Å². The molecule has 9 heteroatoms. The van der Waals surface area contributed by atoms with Crippen molar-refractivity contribution in [3.05, 3.63) is 69.7 Å².